The molecule has 7 nitrogen and oxygen atoms in total. The summed E-state index contributed by atoms with van der Waals surface area (Å²) in [6.45, 7) is 1.93. The third-order valence-electron chi connectivity index (χ3n) is 3.08. The van der Waals surface area contributed by atoms with E-state index in [-0.39, 0.29) is 0 Å². The normalized spacial score (nSPS) is 11.7. The minimum Gasteiger partial charge on any atom is -0.317 e. The maximum atomic E-state index is 11.8. The number of imidazole rings is 2. The molecule has 0 saturated carbocycles. The lowest BCUT2D eigenvalue weighted by Crippen LogP contribution is -2.28. The topological polar surface area (TPSA) is 77.1 Å². The Hall–Kier alpha value is -2.31. The summed E-state index contributed by atoms with van der Waals surface area (Å²) in [6, 6.07) is 0. The van der Waals surface area contributed by atoms with E-state index in [9.17, 15) is 9.59 Å². The zero-order valence-corrected chi connectivity index (χ0v) is 9.68. The van der Waals surface area contributed by atoms with Gasteiger partial charge in [-0.2, -0.15) is 4.98 Å². The van der Waals surface area contributed by atoms with Crippen LogP contribution in [0, 0.1) is 6.92 Å². The van der Waals surface area contributed by atoms with Crippen molar-refractivity contribution in [2.45, 2.75) is 6.92 Å². The zero-order valence-electron chi connectivity index (χ0n) is 9.68. The first kappa shape index (κ1) is 9.88. The number of hydrogen-bond donors (Lipinski definition) is 1. The van der Waals surface area contributed by atoms with Crippen LogP contribution in [0.1, 0.15) is 5.69 Å². The van der Waals surface area contributed by atoms with E-state index >= 15 is 0 Å². The standard InChI is InChI=1S/C10H11N5O2/c1-5-4-15-6-7(11-9(15)13(5)2)14(3)10(17)12-8(6)16/h4H,1-3H3,(H,12,16,17). The SMILES string of the molecule is Cc1cn2c3c(=O)[nH]c(=O)n(C)c3nc2n1C. The first-order valence-corrected chi connectivity index (χ1v) is 5.14. The zero-order chi connectivity index (χ0) is 12.3. The Morgan fingerprint density at radius 3 is 2.65 bits per heavy atom. The molecule has 0 spiro atoms. The predicted molar refractivity (Wildman–Crippen MR) is 62.3 cm³/mol. The van der Waals surface area contributed by atoms with Gasteiger partial charge in [-0.3, -0.25) is 18.7 Å². The molecule has 1 N–H and O–H groups in total. The van der Waals surface area contributed by atoms with E-state index in [1.165, 1.54) is 4.57 Å². The molecule has 0 aliphatic heterocycles. The van der Waals surface area contributed by atoms with Gasteiger partial charge in [-0.1, -0.05) is 0 Å². The highest BCUT2D eigenvalue weighted by Crippen LogP contribution is 2.13. The molecule has 0 radical (unpaired) electrons. The summed E-state index contributed by atoms with van der Waals surface area (Å²) in [5.74, 6) is 0.643. The average molecular weight is 233 g/mol. The van der Waals surface area contributed by atoms with Crippen LogP contribution in [0.25, 0.3) is 16.9 Å². The van der Waals surface area contributed by atoms with Crippen molar-refractivity contribution in [3.05, 3.63) is 32.7 Å². The Morgan fingerprint density at radius 2 is 1.94 bits per heavy atom. The lowest BCUT2D eigenvalue weighted by Gasteiger charge is -1.96. The van der Waals surface area contributed by atoms with E-state index in [0.717, 1.165) is 5.69 Å². The highest BCUT2D eigenvalue weighted by Gasteiger charge is 2.15. The molecule has 0 aliphatic carbocycles. The van der Waals surface area contributed by atoms with Crippen LogP contribution in [0.5, 0.6) is 0 Å². The maximum Gasteiger partial charge on any atom is 0.329 e. The second-order valence-corrected chi connectivity index (χ2v) is 4.10. The van der Waals surface area contributed by atoms with Crippen LogP contribution >= 0.6 is 0 Å². The Morgan fingerprint density at radius 1 is 1.24 bits per heavy atom. The Bertz CT molecular complexity index is 861. The number of rotatable bonds is 0. The van der Waals surface area contributed by atoms with Crippen LogP contribution in [0.4, 0.5) is 0 Å². The molecule has 0 unspecified atom stereocenters. The maximum absolute atomic E-state index is 11.8. The minimum absolute atomic E-state index is 0.393. The summed E-state index contributed by atoms with van der Waals surface area (Å²) in [6.07, 6.45) is 1.82. The van der Waals surface area contributed by atoms with E-state index in [0.29, 0.717) is 16.9 Å². The molecule has 0 fully saturated rings. The van der Waals surface area contributed by atoms with Gasteiger partial charge in [-0.15, -0.1) is 0 Å². The third-order valence-corrected chi connectivity index (χ3v) is 3.08. The fraction of sp³-hybridized carbons (Fsp3) is 0.300. The quantitative estimate of drug-likeness (QED) is 0.569. The van der Waals surface area contributed by atoms with Crippen molar-refractivity contribution >= 4 is 16.9 Å². The first-order valence-electron chi connectivity index (χ1n) is 5.14. The van der Waals surface area contributed by atoms with Crippen molar-refractivity contribution in [2.75, 3.05) is 0 Å². The lowest BCUT2D eigenvalue weighted by molar-refractivity contribution is 0.829. The number of aromatic amines is 1. The van der Waals surface area contributed by atoms with Gasteiger partial charge in [0.15, 0.2) is 11.2 Å². The van der Waals surface area contributed by atoms with E-state index in [4.69, 9.17) is 0 Å². The number of nitrogens with zero attached hydrogens (tertiary/aromatic N) is 4. The molecule has 3 heterocycles. The minimum atomic E-state index is -0.456. The van der Waals surface area contributed by atoms with Gasteiger partial charge in [-0.05, 0) is 6.92 Å². The average Bonchev–Trinajstić information content (AvgIpc) is 2.75. The summed E-state index contributed by atoms with van der Waals surface area (Å²) in [5, 5.41) is 0. The predicted octanol–water partition coefficient (Wildman–Crippen LogP) is -0.479. The molecule has 0 aliphatic rings. The smallest absolute Gasteiger partial charge is 0.317 e. The van der Waals surface area contributed by atoms with Gasteiger partial charge in [0.25, 0.3) is 5.56 Å². The van der Waals surface area contributed by atoms with Crippen molar-refractivity contribution in [1.82, 2.24) is 23.5 Å². The molecule has 3 aromatic heterocycles. The molecule has 0 bridgehead atoms. The van der Waals surface area contributed by atoms with E-state index in [1.807, 2.05) is 24.7 Å². The van der Waals surface area contributed by atoms with Gasteiger partial charge < -0.3 is 4.57 Å². The van der Waals surface area contributed by atoms with Crippen LogP contribution in [-0.4, -0.2) is 23.5 Å². The fourth-order valence-electron chi connectivity index (χ4n) is 1.98. The molecule has 0 saturated heterocycles. The number of hydrogen-bond acceptors (Lipinski definition) is 3. The molecule has 7 heteroatoms. The summed E-state index contributed by atoms with van der Waals surface area (Å²) in [7, 11) is 3.45. The van der Waals surface area contributed by atoms with Gasteiger partial charge >= 0.3 is 5.69 Å². The summed E-state index contributed by atoms with van der Waals surface area (Å²) < 4.78 is 4.89. The van der Waals surface area contributed by atoms with Crippen LogP contribution in [-0.2, 0) is 14.1 Å². The fourth-order valence-corrected chi connectivity index (χ4v) is 1.98. The lowest BCUT2D eigenvalue weighted by atomic mass is 10.5. The number of fused-ring (bicyclic) bond motifs is 3. The second kappa shape index (κ2) is 2.88. The van der Waals surface area contributed by atoms with Gasteiger partial charge in [0, 0.05) is 26.0 Å². The van der Waals surface area contributed by atoms with Gasteiger partial charge in [0.2, 0.25) is 5.78 Å². The van der Waals surface area contributed by atoms with E-state index in [1.54, 1.807) is 11.4 Å². The molecule has 17 heavy (non-hydrogen) atoms. The van der Waals surface area contributed by atoms with E-state index in [2.05, 4.69) is 9.97 Å². The summed E-state index contributed by atoms with van der Waals surface area (Å²) in [5.41, 5.74) is 0.904. The van der Waals surface area contributed by atoms with Crippen molar-refractivity contribution in [3.63, 3.8) is 0 Å². The Balaban J connectivity index is 2.72. The Kier molecular flexibility index (Phi) is 1.67. The molecule has 88 valence electrons. The molecule has 0 amide bonds. The van der Waals surface area contributed by atoms with Crippen molar-refractivity contribution in [2.24, 2.45) is 14.1 Å². The van der Waals surface area contributed by atoms with Crippen LogP contribution in [0.2, 0.25) is 0 Å². The summed E-state index contributed by atoms with van der Waals surface area (Å²) in [4.78, 5) is 29.9. The molecule has 0 atom stereocenters. The van der Waals surface area contributed by atoms with Gasteiger partial charge in [0.05, 0.1) is 0 Å². The van der Waals surface area contributed by atoms with Crippen LogP contribution < -0.4 is 11.2 Å². The number of H-pyrrole nitrogens is 1. The number of aromatic nitrogens is 5. The largest absolute Gasteiger partial charge is 0.329 e. The first-order chi connectivity index (χ1) is 8.00. The molecule has 3 aromatic rings. The summed E-state index contributed by atoms with van der Waals surface area (Å²) >= 11 is 0. The molecule has 3 rings (SSSR count). The van der Waals surface area contributed by atoms with Crippen molar-refractivity contribution in [3.8, 4) is 0 Å². The number of aryl methyl sites for hydroxylation is 3. The van der Waals surface area contributed by atoms with E-state index < -0.39 is 11.2 Å². The highest BCUT2D eigenvalue weighted by molar-refractivity contribution is 5.75. The van der Waals surface area contributed by atoms with Crippen LogP contribution in [0.3, 0.4) is 0 Å². The van der Waals surface area contributed by atoms with Crippen LogP contribution in [0.15, 0.2) is 15.8 Å². The molecular formula is C10H11N5O2. The number of nitrogens with one attached hydrogen (secondary N) is 1. The van der Waals surface area contributed by atoms with Gasteiger partial charge in [0.1, 0.15) is 0 Å². The molecular weight excluding hydrogens is 222 g/mol. The highest BCUT2D eigenvalue weighted by atomic mass is 16.2. The van der Waals surface area contributed by atoms with Gasteiger partial charge in [-0.25, -0.2) is 4.79 Å². The second-order valence-electron chi connectivity index (χ2n) is 4.10. The Labute approximate surface area is 94.9 Å². The van der Waals surface area contributed by atoms with Crippen molar-refractivity contribution in [1.29, 1.82) is 0 Å². The third kappa shape index (κ3) is 1.08. The van der Waals surface area contributed by atoms with Crippen molar-refractivity contribution < 1.29 is 0 Å². The monoisotopic (exact) mass is 233 g/mol. The molecule has 0 aromatic carbocycles.